The molecule has 0 atom stereocenters. The van der Waals surface area contributed by atoms with Gasteiger partial charge in [0.15, 0.2) is 5.78 Å². The second-order valence-corrected chi connectivity index (χ2v) is 3.41. The summed E-state index contributed by atoms with van der Waals surface area (Å²) in [5.74, 6) is 0.493. The van der Waals surface area contributed by atoms with E-state index in [0.717, 1.165) is 11.1 Å². The summed E-state index contributed by atoms with van der Waals surface area (Å²) in [5, 5.41) is 0. The van der Waals surface area contributed by atoms with Gasteiger partial charge in [0, 0.05) is 18.2 Å². The second kappa shape index (κ2) is 4.56. The number of carbonyl (C=O) groups is 1. The number of nitrogens with zero attached hydrogens (tertiary/aromatic N) is 1. The molecule has 14 heavy (non-hydrogen) atoms. The highest BCUT2D eigenvalue weighted by Gasteiger charge is 2.03. The number of nitrogen functional groups attached to an aromatic ring is 1. The molecule has 1 aromatic heterocycles. The van der Waals surface area contributed by atoms with Gasteiger partial charge in [0.05, 0.1) is 0 Å². The number of aromatic nitrogens is 1. The van der Waals surface area contributed by atoms with Crippen molar-refractivity contribution < 1.29 is 4.79 Å². The number of hydrogen-bond donors (Lipinski definition) is 1. The maximum atomic E-state index is 11.4. The Morgan fingerprint density at radius 1 is 1.57 bits per heavy atom. The predicted molar refractivity (Wildman–Crippen MR) is 56.8 cm³/mol. The van der Waals surface area contributed by atoms with Crippen LogP contribution in [-0.4, -0.2) is 10.8 Å². The van der Waals surface area contributed by atoms with Crippen LogP contribution in [0.3, 0.4) is 0 Å². The van der Waals surface area contributed by atoms with Crippen molar-refractivity contribution in [1.29, 1.82) is 0 Å². The molecule has 2 N–H and O–H groups in total. The number of ketones is 1. The summed E-state index contributed by atoms with van der Waals surface area (Å²) < 4.78 is 0. The lowest BCUT2D eigenvalue weighted by Gasteiger charge is -2.00. The highest BCUT2D eigenvalue weighted by molar-refractivity contribution is 5.92. The van der Waals surface area contributed by atoms with Crippen molar-refractivity contribution in [2.45, 2.75) is 20.3 Å². The molecule has 0 aliphatic carbocycles. The minimum atomic E-state index is 0.0599. The zero-order valence-electron chi connectivity index (χ0n) is 8.45. The van der Waals surface area contributed by atoms with Gasteiger partial charge in [-0.15, -0.1) is 0 Å². The average Bonchev–Trinajstić information content (AvgIpc) is 2.07. The van der Waals surface area contributed by atoms with E-state index in [9.17, 15) is 4.79 Å². The Hall–Kier alpha value is -1.64. The van der Waals surface area contributed by atoms with Crippen molar-refractivity contribution in [3.05, 3.63) is 35.5 Å². The highest BCUT2D eigenvalue weighted by atomic mass is 16.1. The molecule has 3 heteroatoms. The summed E-state index contributed by atoms with van der Waals surface area (Å²) in [6.07, 6.45) is 3.56. The number of anilines is 1. The zero-order valence-corrected chi connectivity index (χ0v) is 8.45. The van der Waals surface area contributed by atoms with E-state index in [1.54, 1.807) is 18.3 Å². The van der Waals surface area contributed by atoms with E-state index >= 15 is 0 Å². The normalized spacial score (nSPS) is 9.57. The fourth-order valence-electron chi connectivity index (χ4n) is 1.16. The Labute approximate surface area is 83.7 Å². The summed E-state index contributed by atoms with van der Waals surface area (Å²) >= 11 is 0. The quantitative estimate of drug-likeness (QED) is 0.738. The van der Waals surface area contributed by atoms with Crippen LogP contribution in [0.15, 0.2) is 30.0 Å². The Morgan fingerprint density at radius 2 is 2.29 bits per heavy atom. The third-order valence-electron chi connectivity index (χ3n) is 1.74. The lowest BCUT2D eigenvalue weighted by atomic mass is 10.1. The molecule has 0 aromatic carbocycles. The second-order valence-electron chi connectivity index (χ2n) is 3.41. The fourth-order valence-corrected chi connectivity index (χ4v) is 1.16. The van der Waals surface area contributed by atoms with Gasteiger partial charge in [0.1, 0.15) is 5.82 Å². The molecule has 3 nitrogen and oxygen atoms in total. The van der Waals surface area contributed by atoms with E-state index in [1.165, 1.54) is 0 Å². The van der Waals surface area contributed by atoms with Crippen molar-refractivity contribution in [2.75, 3.05) is 5.73 Å². The number of pyridine rings is 1. The number of nitrogens with two attached hydrogens (primary N) is 1. The van der Waals surface area contributed by atoms with E-state index in [-0.39, 0.29) is 5.78 Å². The Kier molecular flexibility index (Phi) is 3.40. The van der Waals surface area contributed by atoms with Crippen molar-refractivity contribution >= 4 is 11.6 Å². The third kappa shape index (κ3) is 3.01. The molecule has 0 saturated carbocycles. The van der Waals surface area contributed by atoms with Gasteiger partial charge in [-0.25, -0.2) is 4.98 Å². The highest BCUT2D eigenvalue weighted by Crippen LogP contribution is 2.08. The van der Waals surface area contributed by atoms with Gasteiger partial charge in [0.2, 0.25) is 0 Å². The molecule has 0 bridgehead atoms. The van der Waals surface area contributed by atoms with Crippen LogP contribution in [0.4, 0.5) is 5.82 Å². The standard InChI is InChI=1S/C11H14N2O/c1-8(2)6-10(14)7-9-4-3-5-13-11(9)12/h3-6H,7H2,1-2H3,(H2,12,13). The summed E-state index contributed by atoms with van der Waals surface area (Å²) in [4.78, 5) is 15.3. The van der Waals surface area contributed by atoms with Gasteiger partial charge in [-0.1, -0.05) is 11.6 Å². The summed E-state index contributed by atoms with van der Waals surface area (Å²) in [6, 6.07) is 3.60. The molecule has 1 aromatic rings. The Morgan fingerprint density at radius 3 is 2.86 bits per heavy atom. The minimum Gasteiger partial charge on any atom is -0.383 e. The summed E-state index contributed by atoms with van der Waals surface area (Å²) in [7, 11) is 0. The number of hydrogen-bond acceptors (Lipinski definition) is 3. The minimum absolute atomic E-state index is 0.0599. The average molecular weight is 190 g/mol. The fraction of sp³-hybridized carbons (Fsp3) is 0.273. The molecular weight excluding hydrogens is 176 g/mol. The molecule has 0 fully saturated rings. The van der Waals surface area contributed by atoms with E-state index in [0.29, 0.717) is 12.2 Å². The van der Waals surface area contributed by atoms with Crippen molar-refractivity contribution in [3.63, 3.8) is 0 Å². The van der Waals surface area contributed by atoms with E-state index in [4.69, 9.17) is 5.73 Å². The molecule has 0 aliphatic rings. The van der Waals surface area contributed by atoms with Crippen molar-refractivity contribution in [3.8, 4) is 0 Å². The molecule has 0 saturated heterocycles. The van der Waals surface area contributed by atoms with Gasteiger partial charge >= 0.3 is 0 Å². The van der Waals surface area contributed by atoms with E-state index in [1.807, 2.05) is 19.9 Å². The number of rotatable bonds is 3. The van der Waals surface area contributed by atoms with Crippen LogP contribution >= 0.6 is 0 Å². The van der Waals surface area contributed by atoms with Crippen LogP contribution < -0.4 is 5.73 Å². The number of carbonyl (C=O) groups excluding carboxylic acids is 1. The summed E-state index contributed by atoms with van der Waals surface area (Å²) in [6.45, 7) is 3.79. The first-order valence-corrected chi connectivity index (χ1v) is 4.46. The first kappa shape index (κ1) is 10.4. The molecule has 1 heterocycles. The third-order valence-corrected chi connectivity index (χ3v) is 1.74. The van der Waals surface area contributed by atoms with E-state index < -0.39 is 0 Å². The van der Waals surface area contributed by atoms with Gasteiger partial charge in [-0.3, -0.25) is 4.79 Å². The molecule has 0 aliphatic heterocycles. The van der Waals surface area contributed by atoms with Crippen molar-refractivity contribution in [2.24, 2.45) is 0 Å². The zero-order chi connectivity index (χ0) is 10.6. The molecule has 0 unspecified atom stereocenters. The largest absolute Gasteiger partial charge is 0.383 e. The SMILES string of the molecule is CC(C)=CC(=O)Cc1cccnc1N. The Bertz CT molecular complexity index is 365. The van der Waals surface area contributed by atoms with Crippen LogP contribution in [0.5, 0.6) is 0 Å². The first-order valence-electron chi connectivity index (χ1n) is 4.46. The maximum absolute atomic E-state index is 11.4. The summed E-state index contributed by atoms with van der Waals surface area (Å²) in [5.41, 5.74) is 7.40. The van der Waals surface area contributed by atoms with Crippen LogP contribution in [-0.2, 0) is 11.2 Å². The molecule has 74 valence electrons. The van der Waals surface area contributed by atoms with E-state index in [2.05, 4.69) is 4.98 Å². The van der Waals surface area contributed by atoms with Gasteiger partial charge in [0.25, 0.3) is 0 Å². The van der Waals surface area contributed by atoms with Crippen LogP contribution in [0.2, 0.25) is 0 Å². The molecule has 0 spiro atoms. The van der Waals surface area contributed by atoms with Gasteiger partial charge < -0.3 is 5.73 Å². The molecule has 1 rings (SSSR count). The molecule has 0 radical (unpaired) electrons. The van der Waals surface area contributed by atoms with Crippen LogP contribution in [0.25, 0.3) is 0 Å². The molecular formula is C11H14N2O. The lowest BCUT2D eigenvalue weighted by molar-refractivity contribution is -0.114. The smallest absolute Gasteiger partial charge is 0.160 e. The predicted octanol–water partition coefficient (Wildman–Crippen LogP) is 1.74. The number of allylic oxidation sites excluding steroid dienone is 2. The monoisotopic (exact) mass is 190 g/mol. The maximum Gasteiger partial charge on any atom is 0.160 e. The van der Waals surface area contributed by atoms with Crippen LogP contribution in [0, 0.1) is 0 Å². The van der Waals surface area contributed by atoms with Crippen LogP contribution in [0.1, 0.15) is 19.4 Å². The van der Waals surface area contributed by atoms with Gasteiger partial charge in [-0.05, 0) is 26.0 Å². The molecule has 0 amide bonds. The first-order chi connectivity index (χ1) is 6.59. The topological polar surface area (TPSA) is 56.0 Å². The van der Waals surface area contributed by atoms with Gasteiger partial charge in [-0.2, -0.15) is 0 Å². The lowest BCUT2D eigenvalue weighted by Crippen LogP contribution is -2.03. The Balaban J connectivity index is 2.75. The van der Waals surface area contributed by atoms with Crippen molar-refractivity contribution in [1.82, 2.24) is 4.98 Å².